The number of hydrogen-bond donors (Lipinski definition) is 3. The molecule has 2 aliphatic rings. The van der Waals surface area contributed by atoms with Gasteiger partial charge in [-0.2, -0.15) is 5.10 Å². The Morgan fingerprint density at radius 2 is 2.00 bits per heavy atom. The van der Waals surface area contributed by atoms with Crippen molar-refractivity contribution >= 4 is 39.9 Å². The third-order valence-corrected chi connectivity index (χ3v) is 6.62. The van der Waals surface area contributed by atoms with Gasteiger partial charge in [0.25, 0.3) is 5.91 Å². The summed E-state index contributed by atoms with van der Waals surface area (Å²) in [5, 5.41) is 17.8. The molecule has 1 saturated heterocycles. The summed E-state index contributed by atoms with van der Waals surface area (Å²) < 4.78 is 7.74. The minimum absolute atomic E-state index is 0.176. The fraction of sp³-hybridized carbons (Fsp3) is 0.360. The number of nitrogens with two attached hydrogens (primary N) is 1. The molecule has 188 valence electrons. The molecule has 1 aromatic carbocycles. The number of piperidine rings is 1. The molecule has 0 saturated carbocycles. The summed E-state index contributed by atoms with van der Waals surface area (Å²) in [7, 11) is 1.86. The molecular formula is C25H29N7O4. The monoisotopic (exact) mass is 491 g/mol. The van der Waals surface area contributed by atoms with Crippen molar-refractivity contribution in [3.63, 3.8) is 0 Å². The number of aliphatic hydroxyl groups is 1. The summed E-state index contributed by atoms with van der Waals surface area (Å²) in [6.45, 7) is 3.10. The minimum atomic E-state index is -0.703. The van der Waals surface area contributed by atoms with Crippen LogP contribution < -0.4 is 20.9 Å². The van der Waals surface area contributed by atoms with E-state index in [0.29, 0.717) is 11.4 Å². The van der Waals surface area contributed by atoms with Gasteiger partial charge >= 0.3 is 0 Å². The van der Waals surface area contributed by atoms with Crippen molar-refractivity contribution in [1.82, 2.24) is 14.8 Å². The third-order valence-electron chi connectivity index (χ3n) is 6.62. The molecule has 11 nitrogen and oxygen atoms in total. The van der Waals surface area contributed by atoms with E-state index in [9.17, 15) is 14.7 Å². The number of carbonyl (C=O) groups is 2. The van der Waals surface area contributed by atoms with Crippen LogP contribution in [0.1, 0.15) is 31.6 Å². The topological polar surface area (TPSA) is 139 Å². The Kier molecular flexibility index (Phi) is 6.23. The Morgan fingerprint density at radius 3 is 2.69 bits per heavy atom. The Bertz CT molecular complexity index is 1340. The highest BCUT2D eigenvalue weighted by molar-refractivity contribution is 6.00. The zero-order chi connectivity index (χ0) is 25.4. The van der Waals surface area contributed by atoms with Crippen molar-refractivity contribution in [2.24, 2.45) is 18.7 Å². The fourth-order valence-corrected chi connectivity index (χ4v) is 4.86. The van der Waals surface area contributed by atoms with Crippen LogP contribution >= 0.6 is 0 Å². The number of amides is 2. The summed E-state index contributed by atoms with van der Waals surface area (Å²) >= 11 is 0. The van der Waals surface area contributed by atoms with E-state index in [1.165, 1.54) is 13.2 Å². The van der Waals surface area contributed by atoms with E-state index in [0.717, 1.165) is 48.2 Å². The maximum Gasteiger partial charge on any atom is 0.268 e. The van der Waals surface area contributed by atoms with Gasteiger partial charge in [-0.3, -0.25) is 19.2 Å². The Balaban J connectivity index is 1.62. The average molecular weight is 492 g/mol. The molecule has 1 unspecified atom stereocenters. The summed E-state index contributed by atoms with van der Waals surface area (Å²) in [4.78, 5) is 32.3. The molecule has 0 radical (unpaired) electrons. The first-order chi connectivity index (χ1) is 17.3. The van der Waals surface area contributed by atoms with Gasteiger partial charge in [-0.1, -0.05) is 0 Å². The molecule has 2 aromatic heterocycles. The molecule has 1 atom stereocenters. The maximum atomic E-state index is 12.5. The summed E-state index contributed by atoms with van der Waals surface area (Å²) in [5.41, 5.74) is 9.18. The number of aromatic nitrogens is 3. The number of carbonyl (C=O) groups excluding carboxylic acids is 2. The Morgan fingerprint density at radius 1 is 1.22 bits per heavy atom. The van der Waals surface area contributed by atoms with Gasteiger partial charge in [0.05, 0.1) is 16.9 Å². The maximum absolute atomic E-state index is 12.5. The second-order valence-electron chi connectivity index (χ2n) is 9.20. The number of ether oxygens (including phenoxy) is 1. The summed E-state index contributed by atoms with van der Waals surface area (Å²) in [5.74, 6) is -0.207. The van der Waals surface area contributed by atoms with Crippen molar-refractivity contribution in [2.75, 3.05) is 34.8 Å². The first-order valence-corrected chi connectivity index (χ1v) is 11.9. The molecule has 4 heterocycles. The average Bonchev–Trinajstić information content (AvgIpc) is 3.45. The van der Waals surface area contributed by atoms with Gasteiger partial charge in [0.2, 0.25) is 12.1 Å². The second kappa shape index (κ2) is 9.50. The van der Waals surface area contributed by atoms with Crippen molar-refractivity contribution < 1.29 is 19.4 Å². The van der Waals surface area contributed by atoms with Crippen LogP contribution in [0, 0.1) is 5.92 Å². The number of nitrogens with zero attached hydrogens (tertiary/aromatic N) is 5. The van der Waals surface area contributed by atoms with Crippen LogP contribution in [0.15, 0.2) is 48.6 Å². The molecule has 11 heteroatoms. The van der Waals surface area contributed by atoms with E-state index in [2.05, 4.69) is 20.3 Å². The van der Waals surface area contributed by atoms with Crippen LogP contribution in [-0.4, -0.2) is 51.4 Å². The van der Waals surface area contributed by atoms with Crippen LogP contribution in [0.3, 0.4) is 0 Å². The van der Waals surface area contributed by atoms with Crippen molar-refractivity contribution in [3.05, 3.63) is 54.2 Å². The number of anilines is 3. The van der Waals surface area contributed by atoms with E-state index in [-0.39, 0.29) is 24.1 Å². The summed E-state index contributed by atoms with van der Waals surface area (Å²) in [6, 6.07) is 7.50. The molecule has 4 N–H and O–H groups in total. The van der Waals surface area contributed by atoms with E-state index in [1.54, 1.807) is 27.9 Å². The van der Waals surface area contributed by atoms with E-state index < -0.39 is 12.1 Å². The van der Waals surface area contributed by atoms with Gasteiger partial charge in [-0.05, 0) is 43.0 Å². The lowest BCUT2D eigenvalue weighted by molar-refractivity contribution is -0.115. The smallest absolute Gasteiger partial charge is 0.268 e. The molecule has 2 amide bonds. The zero-order valence-electron chi connectivity index (χ0n) is 20.2. The van der Waals surface area contributed by atoms with Crippen molar-refractivity contribution in [2.45, 2.75) is 26.0 Å². The van der Waals surface area contributed by atoms with Crippen molar-refractivity contribution in [3.8, 4) is 0 Å². The Labute approximate surface area is 208 Å². The number of fused-ring (bicyclic) bond motifs is 1. The van der Waals surface area contributed by atoms with Gasteiger partial charge in [-0.15, -0.1) is 0 Å². The molecule has 0 spiro atoms. The number of pyridine rings is 1. The summed E-state index contributed by atoms with van der Waals surface area (Å²) in [6.07, 6.45) is 5.89. The van der Waals surface area contributed by atoms with Crippen molar-refractivity contribution in [1.29, 1.82) is 0 Å². The highest BCUT2D eigenvalue weighted by Crippen LogP contribution is 2.44. The first kappa shape index (κ1) is 23.6. The highest BCUT2D eigenvalue weighted by Gasteiger charge is 2.36. The van der Waals surface area contributed by atoms with Crippen LogP contribution in [-0.2, 0) is 21.4 Å². The van der Waals surface area contributed by atoms with E-state index in [1.807, 2.05) is 25.4 Å². The third kappa shape index (κ3) is 4.44. The number of aryl methyl sites for hydroxylation is 1. The first-order valence-electron chi connectivity index (χ1n) is 11.9. The quantitative estimate of drug-likeness (QED) is 0.476. The molecule has 2 aliphatic heterocycles. The number of primary amides is 1. The zero-order valence-corrected chi connectivity index (χ0v) is 20.2. The number of benzene rings is 1. The number of rotatable bonds is 6. The molecule has 3 aromatic rings. The molecule has 1 fully saturated rings. The van der Waals surface area contributed by atoms with Gasteiger partial charge in [0.15, 0.2) is 0 Å². The second-order valence-corrected chi connectivity index (χ2v) is 9.20. The normalized spacial score (nSPS) is 18.3. The SMILES string of the molecule is CC(=O)Nc1cc(C2OC=C(C(N)=O)N2c2cc3cn(C)nc3cc2N2CCC(CO)CC2)ccn1. The van der Waals surface area contributed by atoms with E-state index in [4.69, 9.17) is 10.5 Å². The largest absolute Gasteiger partial charge is 0.471 e. The molecule has 0 aliphatic carbocycles. The lowest BCUT2D eigenvalue weighted by atomic mass is 9.97. The fourth-order valence-electron chi connectivity index (χ4n) is 4.86. The molecule has 0 bridgehead atoms. The molecular weight excluding hydrogens is 462 g/mol. The number of aliphatic hydroxyl groups excluding tert-OH is 1. The lowest BCUT2D eigenvalue weighted by Crippen LogP contribution is -2.37. The van der Waals surface area contributed by atoms with Gasteiger partial charge in [0.1, 0.15) is 17.8 Å². The molecule has 36 heavy (non-hydrogen) atoms. The predicted octanol–water partition coefficient (Wildman–Crippen LogP) is 2.00. The van der Waals surface area contributed by atoms with Gasteiger partial charge < -0.3 is 25.8 Å². The van der Waals surface area contributed by atoms with Crippen LogP contribution in [0.25, 0.3) is 10.9 Å². The minimum Gasteiger partial charge on any atom is -0.471 e. The Hall–Kier alpha value is -4.12. The predicted molar refractivity (Wildman–Crippen MR) is 135 cm³/mol. The van der Waals surface area contributed by atoms with Gasteiger partial charge in [-0.25, -0.2) is 4.98 Å². The van der Waals surface area contributed by atoms with Crippen LogP contribution in [0.5, 0.6) is 0 Å². The van der Waals surface area contributed by atoms with Gasteiger partial charge in [0, 0.05) is 57.0 Å². The number of hydrogen-bond acceptors (Lipinski definition) is 8. The van der Waals surface area contributed by atoms with Crippen LogP contribution in [0.4, 0.5) is 17.2 Å². The lowest BCUT2D eigenvalue weighted by Gasteiger charge is -2.37. The van der Waals surface area contributed by atoms with E-state index >= 15 is 0 Å². The standard InChI is InChI=1S/C25H29N7O4/c1-15(34)28-23-10-17(3-6-27-23)25-32(22(14-36-25)24(26)35)21-9-18-12-30(2)29-19(18)11-20(21)31-7-4-16(13-33)5-8-31/h3,6,9-12,14,16,25,33H,4-5,7-8,13H2,1-2H3,(H2,26,35)(H,27,28,34). The highest BCUT2D eigenvalue weighted by atomic mass is 16.5. The molecule has 5 rings (SSSR count). The van der Waals surface area contributed by atoms with Crippen LogP contribution in [0.2, 0.25) is 0 Å². The number of nitrogens with one attached hydrogen (secondary N) is 1.